The van der Waals surface area contributed by atoms with Crippen LogP contribution in [0.25, 0.3) is 5.65 Å². The summed E-state index contributed by atoms with van der Waals surface area (Å²) in [6.07, 6.45) is 5.48. The van der Waals surface area contributed by atoms with Crippen molar-refractivity contribution in [2.24, 2.45) is 0 Å². The molecule has 3 heterocycles. The summed E-state index contributed by atoms with van der Waals surface area (Å²) in [7, 11) is 0. The standard InChI is InChI=1S/C17H19F3N8O2.C6H10F2.C3H6/c1-2-28-24-9-13(26-28)16(30)22-8-12-10-27-14(25-12)5-11(7-23-27)6-21-15(29)3-4-17(18,19)20;7-6(8)4-2-1-3-5-6;1-2-3-1/h5,7,9-10H,2-4,6,8H2,1H3,(H,21,29)(H,22,30);1-5H2;1-3H2. The predicted octanol–water partition coefficient (Wildman–Crippen LogP) is 4.99. The number of fused-ring (bicyclic) bond motifs is 1. The van der Waals surface area contributed by atoms with E-state index in [1.807, 2.05) is 6.92 Å². The summed E-state index contributed by atoms with van der Waals surface area (Å²) in [4.78, 5) is 29.3. The van der Waals surface area contributed by atoms with E-state index in [4.69, 9.17) is 0 Å². The van der Waals surface area contributed by atoms with Gasteiger partial charge in [0, 0.05) is 25.8 Å². The van der Waals surface area contributed by atoms with E-state index in [1.165, 1.54) is 41.0 Å². The summed E-state index contributed by atoms with van der Waals surface area (Å²) in [6, 6.07) is 1.65. The molecule has 2 aliphatic carbocycles. The van der Waals surface area contributed by atoms with E-state index >= 15 is 0 Å². The summed E-state index contributed by atoms with van der Waals surface area (Å²) in [5, 5.41) is 17.2. The number of rotatable bonds is 8. The molecule has 0 unspecified atom stereocenters. The van der Waals surface area contributed by atoms with Crippen LogP contribution in [-0.4, -0.2) is 53.5 Å². The Bertz CT molecular complexity index is 1260. The molecule has 2 fully saturated rings. The molecule has 5 rings (SSSR count). The molecular weight excluding hydrogens is 551 g/mol. The van der Waals surface area contributed by atoms with Gasteiger partial charge in [-0.05, 0) is 31.4 Å². The van der Waals surface area contributed by atoms with Crippen molar-refractivity contribution in [2.45, 2.75) is 103 Å². The van der Waals surface area contributed by atoms with Crippen LogP contribution < -0.4 is 10.6 Å². The Kier molecular flexibility index (Phi) is 11.5. The lowest BCUT2D eigenvalue weighted by molar-refractivity contribution is -0.144. The highest BCUT2D eigenvalue weighted by Crippen LogP contribution is 2.32. The number of nitrogens with zero attached hydrogens (tertiary/aromatic N) is 6. The Morgan fingerprint density at radius 1 is 0.976 bits per heavy atom. The summed E-state index contributed by atoms with van der Waals surface area (Å²) in [5.74, 6) is -3.40. The van der Waals surface area contributed by atoms with Crippen LogP contribution in [0.3, 0.4) is 0 Å². The lowest BCUT2D eigenvalue weighted by Gasteiger charge is -2.20. The first-order valence-electron chi connectivity index (χ1n) is 13.7. The molecule has 0 aliphatic heterocycles. The number of halogens is 5. The second kappa shape index (κ2) is 14.8. The molecule has 0 atom stereocenters. The molecule has 3 aromatic rings. The van der Waals surface area contributed by atoms with Gasteiger partial charge in [-0.1, -0.05) is 25.7 Å². The van der Waals surface area contributed by atoms with Gasteiger partial charge in [-0.25, -0.2) is 18.3 Å². The zero-order valence-corrected chi connectivity index (χ0v) is 22.9. The number of carbonyl (C=O) groups excluding carboxylic acids is 2. The molecule has 0 saturated heterocycles. The average molecular weight is 587 g/mol. The largest absolute Gasteiger partial charge is 0.389 e. The Morgan fingerprint density at radius 3 is 2.22 bits per heavy atom. The van der Waals surface area contributed by atoms with E-state index in [0.29, 0.717) is 36.3 Å². The normalized spacial score (nSPS) is 15.7. The minimum Gasteiger partial charge on any atom is -0.352 e. The first-order chi connectivity index (χ1) is 19.4. The summed E-state index contributed by atoms with van der Waals surface area (Å²) < 4.78 is 62.3. The topological polar surface area (TPSA) is 119 Å². The van der Waals surface area contributed by atoms with Gasteiger partial charge in [0.2, 0.25) is 11.8 Å². The van der Waals surface area contributed by atoms with E-state index in [9.17, 15) is 31.5 Å². The third-order valence-corrected chi connectivity index (χ3v) is 5.97. The van der Waals surface area contributed by atoms with Gasteiger partial charge >= 0.3 is 6.18 Å². The molecule has 2 saturated carbocycles. The van der Waals surface area contributed by atoms with Crippen LogP contribution in [0.15, 0.2) is 24.7 Å². The minimum absolute atomic E-state index is 0.0339. The molecule has 15 heteroatoms. The SMILES string of the molecule is C1CC1.CCn1ncc(C(=O)NCc2cn3ncc(CNC(=O)CCC(F)(F)F)cc3n2)n1.FC1(F)CCCCC1. The fraction of sp³-hybridized carbons (Fsp3) is 0.615. The minimum atomic E-state index is -4.37. The van der Waals surface area contributed by atoms with Crippen molar-refractivity contribution in [1.82, 2.24) is 40.2 Å². The molecule has 10 nitrogen and oxygen atoms in total. The van der Waals surface area contributed by atoms with E-state index in [1.54, 1.807) is 12.3 Å². The van der Waals surface area contributed by atoms with Crippen molar-refractivity contribution >= 4 is 17.5 Å². The van der Waals surface area contributed by atoms with Crippen molar-refractivity contribution in [1.29, 1.82) is 0 Å². The maximum absolute atomic E-state index is 12.2. The first-order valence-corrected chi connectivity index (χ1v) is 13.7. The van der Waals surface area contributed by atoms with Crippen LogP contribution in [0.1, 0.15) is 92.9 Å². The Balaban J connectivity index is 0.000000347. The lowest BCUT2D eigenvalue weighted by atomic mass is 9.97. The molecular formula is C26H35F5N8O2. The number of carbonyl (C=O) groups is 2. The van der Waals surface area contributed by atoms with Crippen LogP contribution in [0.5, 0.6) is 0 Å². The summed E-state index contributed by atoms with van der Waals surface area (Å²) in [5.41, 5.74) is 1.80. The maximum atomic E-state index is 12.2. The molecule has 0 spiro atoms. The van der Waals surface area contributed by atoms with Crippen molar-refractivity contribution in [3.63, 3.8) is 0 Å². The molecule has 3 aromatic heterocycles. The van der Waals surface area contributed by atoms with Gasteiger partial charge in [-0.3, -0.25) is 9.59 Å². The number of imidazole rings is 1. The molecule has 0 aromatic carbocycles. The van der Waals surface area contributed by atoms with Crippen molar-refractivity contribution < 1.29 is 31.5 Å². The highest BCUT2D eigenvalue weighted by molar-refractivity contribution is 5.91. The second-order valence-electron chi connectivity index (χ2n) is 9.87. The monoisotopic (exact) mass is 586 g/mol. The molecule has 226 valence electrons. The van der Waals surface area contributed by atoms with E-state index in [0.717, 1.165) is 6.42 Å². The van der Waals surface area contributed by atoms with Gasteiger partial charge in [-0.2, -0.15) is 28.2 Å². The fourth-order valence-electron chi connectivity index (χ4n) is 3.58. The second-order valence-corrected chi connectivity index (χ2v) is 9.87. The Labute approximate surface area is 234 Å². The van der Waals surface area contributed by atoms with Gasteiger partial charge in [0.05, 0.1) is 43.8 Å². The van der Waals surface area contributed by atoms with Gasteiger partial charge in [0.15, 0.2) is 11.3 Å². The highest BCUT2D eigenvalue weighted by Gasteiger charge is 2.30. The van der Waals surface area contributed by atoms with Gasteiger partial charge in [-0.15, -0.1) is 5.10 Å². The Morgan fingerprint density at radius 2 is 1.66 bits per heavy atom. The number of hydrogen-bond donors (Lipinski definition) is 2. The smallest absolute Gasteiger partial charge is 0.352 e. The number of nitrogens with one attached hydrogen (secondary N) is 2. The van der Waals surface area contributed by atoms with Crippen molar-refractivity contribution in [2.75, 3.05) is 0 Å². The third-order valence-electron chi connectivity index (χ3n) is 5.97. The molecule has 0 bridgehead atoms. The molecule has 2 aliphatic rings. The number of aryl methyl sites for hydroxylation is 1. The zero-order chi connectivity index (χ0) is 29.9. The van der Waals surface area contributed by atoms with Crippen LogP contribution in [0.4, 0.5) is 22.0 Å². The third kappa shape index (κ3) is 12.2. The Hall–Kier alpha value is -3.65. The van der Waals surface area contributed by atoms with Crippen molar-refractivity contribution in [3.8, 4) is 0 Å². The van der Waals surface area contributed by atoms with Crippen LogP contribution >= 0.6 is 0 Å². The van der Waals surface area contributed by atoms with Gasteiger partial charge < -0.3 is 10.6 Å². The van der Waals surface area contributed by atoms with Crippen LogP contribution in [0, 0.1) is 0 Å². The summed E-state index contributed by atoms with van der Waals surface area (Å²) in [6.45, 7) is 2.58. The summed E-state index contributed by atoms with van der Waals surface area (Å²) >= 11 is 0. The first kappa shape index (κ1) is 31.9. The molecule has 2 N–H and O–H groups in total. The number of alkyl halides is 5. The van der Waals surface area contributed by atoms with Gasteiger partial charge in [0.25, 0.3) is 5.91 Å². The lowest BCUT2D eigenvalue weighted by Crippen LogP contribution is -2.24. The fourth-order valence-corrected chi connectivity index (χ4v) is 3.58. The maximum Gasteiger partial charge on any atom is 0.389 e. The quantitative estimate of drug-likeness (QED) is 0.359. The molecule has 41 heavy (non-hydrogen) atoms. The highest BCUT2D eigenvalue weighted by atomic mass is 19.4. The molecule has 2 amide bonds. The zero-order valence-electron chi connectivity index (χ0n) is 22.9. The number of aromatic nitrogens is 6. The van der Waals surface area contributed by atoms with E-state index in [2.05, 4.69) is 30.9 Å². The van der Waals surface area contributed by atoms with Crippen LogP contribution in [0.2, 0.25) is 0 Å². The predicted molar refractivity (Wildman–Crippen MR) is 139 cm³/mol. The van der Waals surface area contributed by atoms with E-state index in [-0.39, 0.29) is 37.5 Å². The van der Waals surface area contributed by atoms with Gasteiger partial charge in [0.1, 0.15) is 0 Å². The number of amides is 2. The van der Waals surface area contributed by atoms with Crippen LogP contribution in [-0.2, 0) is 24.4 Å². The molecule has 0 radical (unpaired) electrons. The van der Waals surface area contributed by atoms with Crippen molar-refractivity contribution in [3.05, 3.63) is 41.6 Å². The van der Waals surface area contributed by atoms with E-state index < -0.39 is 30.8 Å². The number of hydrogen-bond acceptors (Lipinski definition) is 6. The average Bonchev–Trinajstić information content (AvgIpc) is 3.63.